The molecule has 1 heterocycles. The summed E-state index contributed by atoms with van der Waals surface area (Å²) in [7, 11) is 1.57. The van der Waals surface area contributed by atoms with Gasteiger partial charge in [0.1, 0.15) is 0 Å². The highest BCUT2D eigenvalue weighted by molar-refractivity contribution is 5.66. The van der Waals surface area contributed by atoms with Crippen molar-refractivity contribution in [2.24, 2.45) is 0 Å². The molecule has 1 aromatic carbocycles. The zero-order chi connectivity index (χ0) is 12.3. The van der Waals surface area contributed by atoms with Crippen molar-refractivity contribution >= 4 is 0 Å². The van der Waals surface area contributed by atoms with Gasteiger partial charge in [-0.2, -0.15) is 0 Å². The molecule has 3 heteroatoms. The number of hydrogen-bond acceptors (Lipinski definition) is 3. The first-order valence-corrected chi connectivity index (χ1v) is 5.67. The lowest BCUT2D eigenvalue weighted by molar-refractivity contribution is 0.380. The Morgan fingerprint density at radius 2 is 1.71 bits per heavy atom. The first-order valence-electron chi connectivity index (χ1n) is 5.67. The van der Waals surface area contributed by atoms with Gasteiger partial charge < -0.3 is 4.74 Å². The zero-order valence-corrected chi connectivity index (χ0v) is 10.3. The summed E-state index contributed by atoms with van der Waals surface area (Å²) in [5.41, 5.74) is 3.52. The molecule has 0 radical (unpaired) electrons. The van der Waals surface area contributed by atoms with E-state index in [1.54, 1.807) is 19.5 Å². The Kier molecular flexibility index (Phi) is 3.38. The number of nitrogens with zero attached hydrogens (tertiary/aromatic N) is 2. The molecule has 0 aliphatic carbocycles. The summed E-state index contributed by atoms with van der Waals surface area (Å²) < 4.78 is 4.96. The second-order valence-corrected chi connectivity index (χ2v) is 4.20. The number of ether oxygens (including phenoxy) is 1. The predicted molar refractivity (Wildman–Crippen MR) is 68.1 cm³/mol. The number of rotatable bonds is 3. The van der Waals surface area contributed by atoms with Crippen LogP contribution in [0.25, 0.3) is 11.1 Å². The van der Waals surface area contributed by atoms with E-state index >= 15 is 0 Å². The molecule has 88 valence electrons. The minimum absolute atomic E-state index is 0.399. The van der Waals surface area contributed by atoms with E-state index in [0.717, 1.165) is 5.56 Å². The van der Waals surface area contributed by atoms with Gasteiger partial charge in [0.15, 0.2) is 0 Å². The highest BCUT2D eigenvalue weighted by atomic mass is 16.5. The van der Waals surface area contributed by atoms with Crippen LogP contribution in [0.5, 0.6) is 6.01 Å². The lowest BCUT2D eigenvalue weighted by atomic mass is 9.94. The Morgan fingerprint density at radius 3 is 2.29 bits per heavy atom. The standard InChI is InChI=1S/C14H16N2O/c1-10(2)12-6-4-5-7-13(12)11-8-15-14(17-3)16-9-11/h4-10H,1-3H3. The third kappa shape index (κ3) is 2.44. The van der Waals surface area contributed by atoms with Crippen molar-refractivity contribution in [2.75, 3.05) is 7.11 Å². The fraction of sp³-hybridized carbons (Fsp3) is 0.286. The predicted octanol–water partition coefficient (Wildman–Crippen LogP) is 3.28. The third-order valence-corrected chi connectivity index (χ3v) is 2.70. The van der Waals surface area contributed by atoms with Crippen LogP contribution in [0.2, 0.25) is 0 Å². The maximum absolute atomic E-state index is 4.96. The van der Waals surface area contributed by atoms with E-state index in [1.807, 2.05) is 6.07 Å². The van der Waals surface area contributed by atoms with Crippen LogP contribution in [0.1, 0.15) is 25.3 Å². The Morgan fingerprint density at radius 1 is 1.06 bits per heavy atom. The van der Waals surface area contributed by atoms with Crippen molar-refractivity contribution in [3.63, 3.8) is 0 Å². The molecule has 0 spiro atoms. The van der Waals surface area contributed by atoms with E-state index in [1.165, 1.54) is 11.1 Å². The highest BCUT2D eigenvalue weighted by Crippen LogP contribution is 2.28. The van der Waals surface area contributed by atoms with Crippen LogP contribution in [-0.4, -0.2) is 17.1 Å². The summed E-state index contributed by atoms with van der Waals surface area (Å²) >= 11 is 0. The van der Waals surface area contributed by atoms with Gasteiger partial charge in [-0.25, -0.2) is 9.97 Å². The third-order valence-electron chi connectivity index (χ3n) is 2.70. The number of hydrogen-bond donors (Lipinski definition) is 0. The van der Waals surface area contributed by atoms with Crippen LogP contribution < -0.4 is 4.74 Å². The van der Waals surface area contributed by atoms with Crippen LogP contribution >= 0.6 is 0 Å². The molecule has 0 unspecified atom stereocenters. The monoisotopic (exact) mass is 228 g/mol. The first kappa shape index (κ1) is 11.6. The van der Waals surface area contributed by atoms with E-state index in [2.05, 4.69) is 42.0 Å². The fourth-order valence-corrected chi connectivity index (χ4v) is 1.82. The fourth-order valence-electron chi connectivity index (χ4n) is 1.82. The Balaban J connectivity index is 2.45. The van der Waals surface area contributed by atoms with Crippen molar-refractivity contribution in [1.29, 1.82) is 0 Å². The van der Waals surface area contributed by atoms with E-state index < -0.39 is 0 Å². The molecule has 0 N–H and O–H groups in total. The second kappa shape index (κ2) is 4.95. The molecule has 2 rings (SSSR count). The van der Waals surface area contributed by atoms with Gasteiger partial charge in [0.25, 0.3) is 0 Å². The number of methoxy groups -OCH3 is 1. The van der Waals surface area contributed by atoms with E-state index in [-0.39, 0.29) is 0 Å². The molecule has 0 aliphatic rings. The molecule has 0 saturated heterocycles. The molecule has 0 bridgehead atoms. The van der Waals surface area contributed by atoms with Crippen LogP contribution in [0.15, 0.2) is 36.7 Å². The van der Waals surface area contributed by atoms with Crippen LogP contribution in [-0.2, 0) is 0 Å². The largest absolute Gasteiger partial charge is 0.467 e. The smallest absolute Gasteiger partial charge is 0.316 e. The lowest BCUT2D eigenvalue weighted by Gasteiger charge is -2.12. The van der Waals surface area contributed by atoms with Gasteiger partial charge in [-0.1, -0.05) is 38.1 Å². The molecule has 0 amide bonds. The summed E-state index contributed by atoms with van der Waals surface area (Å²) in [6.45, 7) is 4.37. The minimum atomic E-state index is 0.399. The molecular formula is C14H16N2O. The molecule has 0 fully saturated rings. The summed E-state index contributed by atoms with van der Waals surface area (Å²) in [5.74, 6) is 0.480. The van der Waals surface area contributed by atoms with Crippen LogP contribution in [0, 0.1) is 0 Å². The molecule has 0 saturated carbocycles. The maximum Gasteiger partial charge on any atom is 0.316 e. The van der Waals surface area contributed by atoms with Crippen molar-refractivity contribution in [3.8, 4) is 17.1 Å². The van der Waals surface area contributed by atoms with Crippen molar-refractivity contribution in [3.05, 3.63) is 42.2 Å². The molecule has 0 aliphatic heterocycles. The summed E-state index contributed by atoms with van der Waals surface area (Å²) in [5, 5.41) is 0. The van der Waals surface area contributed by atoms with Gasteiger partial charge in [-0.05, 0) is 17.0 Å². The van der Waals surface area contributed by atoms with Gasteiger partial charge >= 0.3 is 6.01 Å². The first-order chi connectivity index (χ1) is 8.22. The SMILES string of the molecule is COc1ncc(-c2ccccc2C(C)C)cn1. The molecule has 0 atom stereocenters. The van der Waals surface area contributed by atoms with Crippen LogP contribution in [0.3, 0.4) is 0 Å². The molecule has 17 heavy (non-hydrogen) atoms. The van der Waals surface area contributed by atoms with Crippen molar-refractivity contribution in [2.45, 2.75) is 19.8 Å². The maximum atomic E-state index is 4.96. The van der Waals surface area contributed by atoms with Crippen molar-refractivity contribution < 1.29 is 4.74 Å². The van der Waals surface area contributed by atoms with E-state index in [0.29, 0.717) is 11.9 Å². The van der Waals surface area contributed by atoms with E-state index in [4.69, 9.17) is 4.74 Å². The summed E-state index contributed by atoms with van der Waals surface area (Å²) in [4.78, 5) is 8.28. The van der Waals surface area contributed by atoms with E-state index in [9.17, 15) is 0 Å². The minimum Gasteiger partial charge on any atom is -0.467 e. The molecular weight excluding hydrogens is 212 g/mol. The second-order valence-electron chi connectivity index (χ2n) is 4.20. The highest BCUT2D eigenvalue weighted by Gasteiger charge is 2.08. The average molecular weight is 228 g/mol. The lowest BCUT2D eigenvalue weighted by Crippen LogP contribution is -1.95. The van der Waals surface area contributed by atoms with Crippen molar-refractivity contribution in [1.82, 2.24) is 9.97 Å². The van der Waals surface area contributed by atoms with Gasteiger partial charge in [0.2, 0.25) is 0 Å². The normalized spacial score (nSPS) is 10.6. The van der Waals surface area contributed by atoms with Gasteiger partial charge in [0, 0.05) is 18.0 Å². The van der Waals surface area contributed by atoms with Gasteiger partial charge in [0.05, 0.1) is 7.11 Å². The summed E-state index contributed by atoms with van der Waals surface area (Å²) in [6.07, 6.45) is 3.60. The summed E-state index contributed by atoms with van der Waals surface area (Å²) in [6, 6.07) is 8.73. The number of benzene rings is 1. The molecule has 3 nitrogen and oxygen atoms in total. The average Bonchev–Trinajstić information content (AvgIpc) is 2.39. The van der Waals surface area contributed by atoms with Gasteiger partial charge in [-0.3, -0.25) is 0 Å². The molecule has 2 aromatic rings. The zero-order valence-electron chi connectivity index (χ0n) is 10.3. The Labute approximate surface area is 102 Å². The van der Waals surface area contributed by atoms with Crippen LogP contribution in [0.4, 0.5) is 0 Å². The quantitative estimate of drug-likeness (QED) is 0.808. The molecule has 1 aromatic heterocycles. The Bertz CT molecular complexity index is 492. The van der Waals surface area contributed by atoms with Gasteiger partial charge in [-0.15, -0.1) is 0 Å². The topological polar surface area (TPSA) is 35.0 Å². The Hall–Kier alpha value is -1.90. The number of aromatic nitrogens is 2.